The maximum absolute atomic E-state index is 13.1. The topological polar surface area (TPSA) is 108 Å². The maximum atomic E-state index is 13.1. The molecule has 0 aliphatic heterocycles. The quantitative estimate of drug-likeness (QED) is 0.373. The standard InChI is InChI=1S/C25H27N3O4S/c1-15-7-6-8-16(2)22(15)28-25(32)27-21-14-18-10-5-4-9-17(18)13-19(21)23(29)26-20(24(30)31)11-12-33-3/h4-10,13-14,20H,11-12H2,1-3H3,(H,26,29)(H,30,31)(H2,27,28,32)/t20-/m0/s1. The van der Waals surface area contributed by atoms with E-state index in [0.29, 0.717) is 23.5 Å². The van der Waals surface area contributed by atoms with Gasteiger partial charge in [-0.1, -0.05) is 42.5 Å². The van der Waals surface area contributed by atoms with Crippen LogP contribution in [0.1, 0.15) is 27.9 Å². The number of urea groups is 1. The molecular weight excluding hydrogens is 438 g/mol. The highest BCUT2D eigenvalue weighted by Gasteiger charge is 2.23. The van der Waals surface area contributed by atoms with Crippen molar-refractivity contribution in [2.24, 2.45) is 0 Å². The number of amides is 3. The number of anilines is 2. The molecule has 3 aromatic rings. The summed E-state index contributed by atoms with van der Waals surface area (Å²) >= 11 is 1.51. The molecule has 0 saturated carbocycles. The zero-order valence-corrected chi connectivity index (χ0v) is 19.6. The minimum Gasteiger partial charge on any atom is -0.480 e. The molecule has 0 bridgehead atoms. The molecule has 3 amide bonds. The number of para-hydroxylation sites is 1. The van der Waals surface area contributed by atoms with Crippen molar-refractivity contribution in [3.8, 4) is 0 Å². The molecule has 8 heteroatoms. The van der Waals surface area contributed by atoms with Crippen LogP contribution in [0.25, 0.3) is 10.8 Å². The van der Waals surface area contributed by atoms with Crippen LogP contribution in [-0.4, -0.2) is 41.1 Å². The van der Waals surface area contributed by atoms with Crippen LogP contribution < -0.4 is 16.0 Å². The van der Waals surface area contributed by atoms with Crippen LogP contribution in [0.2, 0.25) is 0 Å². The van der Waals surface area contributed by atoms with Gasteiger partial charge in [0.25, 0.3) is 5.91 Å². The number of nitrogens with one attached hydrogen (secondary N) is 3. The summed E-state index contributed by atoms with van der Waals surface area (Å²) < 4.78 is 0. The van der Waals surface area contributed by atoms with E-state index < -0.39 is 23.9 Å². The Balaban J connectivity index is 1.91. The third-order valence-corrected chi connectivity index (χ3v) is 5.96. The van der Waals surface area contributed by atoms with Gasteiger partial charge in [0.05, 0.1) is 11.3 Å². The highest BCUT2D eigenvalue weighted by Crippen LogP contribution is 2.26. The summed E-state index contributed by atoms with van der Waals surface area (Å²) in [5.41, 5.74) is 3.02. The Kier molecular flexibility index (Phi) is 7.95. The van der Waals surface area contributed by atoms with E-state index in [9.17, 15) is 19.5 Å². The molecule has 172 valence electrons. The average Bonchev–Trinajstić information content (AvgIpc) is 2.78. The first-order chi connectivity index (χ1) is 15.8. The third-order valence-electron chi connectivity index (χ3n) is 5.31. The Morgan fingerprint density at radius 2 is 1.58 bits per heavy atom. The molecular formula is C25H27N3O4S. The Bertz CT molecular complexity index is 1180. The lowest BCUT2D eigenvalue weighted by atomic mass is 10.0. The van der Waals surface area contributed by atoms with Crippen molar-refractivity contribution in [1.29, 1.82) is 0 Å². The molecule has 4 N–H and O–H groups in total. The predicted octanol–water partition coefficient (Wildman–Crippen LogP) is 5.04. The zero-order valence-electron chi connectivity index (χ0n) is 18.8. The smallest absolute Gasteiger partial charge is 0.326 e. The van der Waals surface area contributed by atoms with Crippen LogP contribution in [0, 0.1) is 13.8 Å². The van der Waals surface area contributed by atoms with Crippen molar-refractivity contribution < 1.29 is 19.5 Å². The summed E-state index contributed by atoms with van der Waals surface area (Å²) in [6.45, 7) is 3.80. The molecule has 3 rings (SSSR count). The lowest BCUT2D eigenvalue weighted by Crippen LogP contribution is -2.41. The van der Waals surface area contributed by atoms with E-state index in [0.717, 1.165) is 21.9 Å². The lowest BCUT2D eigenvalue weighted by molar-refractivity contribution is -0.139. The van der Waals surface area contributed by atoms with Crippen molar-refractivity contribution in [3.63, 3.8) is 0 Å². The van der Waals surface area contributed by atoms with Crippen molar-refractivity contribution in [1.82, 2.24) is 5.32 Å². The van der Waals surface area contributed by atoms with E-state index in [1.165, 1.54) is 11.8 Å². The van der Waals surface area contributed by atoms with E-state index in [1.54, 1.807) is 12.1 Å². The highest BCUT2D eigenvalue weighted by molar-refractivity contribution is 7.98. The van der Waals surface area contributed by atoms with Crippen molar-refractivity contribution in [3.05, 3.63) is 71.3 Å². The number of hydrogen-bond acceptors (Lipinski definition) is 4. The number of fused-ring (bicyclic) bond motifs is 1. The van der Waals surface area contributed by atoms with Crippen LogP contribution in [0.5, 0.6) is 0 Å². The molecule has 33 heavy (non-hydrogen) atoms. The number of carbonyl (C=O) groups is 3. The number of carboxylic acid groups (broad SMARTS) is 1. The number of thioether (sulfide) groups is 1. The van der Waals surface area contributed by atoms with Gasteiger partial charge in [0.2, 0.25) is 0 Å². The van der Waals surface area contributed by atoms with Crippen LogP contribution >= 0.6 is 11.8 Å². The predicted molar refractivity (Wildman–Crippen MR) is 134 cm³/mol. The van der Waals surface area contributed by atoms with Crippen molar-refractivity contribution in [2.45, 2.75) is 26.3 Å². The third kappa shape index (κ3) is 6.04. The molecule has 0 fully saturated rings. The number of aryl methyl sites for hydroxylation is 2. The Labute approximate surface area is 197 Å². The lowest BCUT2D eigenvalue weighted by Gasteiger charge is -2.18. The second-order valence-electron chi connectivity index (χ2n) is 7.74. The maximum Gasteiger partial charge on any atom is 0.326 e. The second kappa shape index (κ2) is 10.9. The summed E-state index contributed by atoms with van der Waals surface area (Å²) in [5, 5.41) is 19.4. The number of hydrogen-bond donors (Lipinski definition) is 4. The molecule has 1 atom stereocenters. The fourth-order valence-corrected chi connectivity index (χ4v) is 4.01. The molecule has 0 aromatic heterocycles. The first kappa shape index (κ1) is 24.1. The van der Waals surface area contributed by atoms with E-state index in [-0.39, 0.29) is 5.56 Å². The molecule has 0 unspecified atom stereocenters. The van der Waals surface area contributed by atoms with Gasteiger partial charge in [-0.3, -0.25) is 4.79 Å². The van der Waals surface area contributed by atoms with Gasteiger partial charge >= 0.3 is 12.0 Å². The normalized spacial score (nSPS) is 11.6. The minimum atomic E-state index is -1.10. The van der Waals surface area contributed by atoms with Gasteiger partial charge in [-0.2, -0.15) is 11.8 Å². The van der Waals surface area contributed by atoms with Crippen LogP contribution in [0.4, 0.5) is 16.2 Å². The number of aliphatic carboxylic acids is 1. The zero-order chi connectivity index (χ0) is 24.0. The Morgan fingerprint density at radius 1 is 0.939 bits per heavy atom. The van der Waals surface area contributed by atoms with Crippen LogP contribution in [0.3, 0.4) is 0 Å². The van der Waals surface area contributed by atoms with Gasteiger partial charge in [0, 0.05) is 5.69 Å². The monoisotopic (exact) mass is 465 g/mol. The SMILES string of the molecule is CSCC[C@H](NC(=O)c1cc2ccccc2cc1NC(=O)Nc1c(C)cccc1C)C(=O)O. The van der Waals surface area contributed by atoms with Gasteiger partial charge < -0.3 is 21.1 Å². The van der Waals surface area contributed by atoms with E-state index >= 15 is 0 Å². The van der Waals surface area contributed by atoms with Crippen molar-refractivity contribution in [2.75, 3.05) is 22.6 Å². The average molecular weight is 466 g/mol. The summed E-state index contributed by atoms with van der Waals surface area (Å²) in [6, 6.07) is 15.0. The number of benzene rings is 3. The molecule has 0 radical (unpaired) electrons. The van der Waals surface area contributed by atoms with Crippen LogP contribution in [0.15, 0.2) is 54.6 Å². The van der Waals surface area contributed by atoms with Gasteiger partial charge in [0.1, 0.15) is 6.04 Å². The molecule has 7 nitrogen and oxygen atoms in total. The summed E-state index contributed by atoms with van der Waals surface area (Å²) in [7, 11) is 0. The number of rotatable bonds is 8. The van der Waals surface area contributed by atoms with Crippen LogP contribution in [-0.2, 0) is 4.79 Å². The van der Waals surface area contributed by atoms with Gasteiger partial charge in [-0.05, 0) is 66.3 Å². The fraction of sp³-hybridized carbons (Fsp3) is 0.240. The Morgan fingerprint density at radius 3 is 2.18 bits per heavy atom. The minimum absolute atomic E-state index is 0.195. The molecule has 0 aliphatic rings. The largest absolute Gasteiger partial charge is 0.480 e. The van der Waals surface area contributed by atoms with E-state index in [4.69, 9.17) is 0 Å². The van der Waals surface area contributed by atoms with Gasteiger partial charge in [0.15, 0.2) is 0 Å². The van der Waals surface area contributed by atoms with Crippen molar-refractivity contribution >= 4 is 51.8 Å². The molecule has 0 saturated heterocycles. The molecule has 3 aromatic carbocycles. The summed E-state index contributed by atoms with van der Waals surface area (Å²) in [5.74, 6) is -1.06. The van der Waals surface area contributed by atoms with E-state index in [2.05, 4.69) is 16.0 Å². The fourth-order valence-electron chi connectivity index (χ4n) is 3.54. The highest BCUT2D eigenvalue weighted by atomic mass is 32.2. The van der Waals surface area contributed by atoms with Gasteiger partial charge in [-0.15, -0.1) is 0 Å². The van der Waals surface area contributed by atoms with Gasteiger partial charge in [-0.25, -0.2) is 9.59 Å². The molecule has 0 aliphatic carbocycles. The summed E-state index contributed by atoms with van der Waals surface area (Å²) in [4.78, 5) is 37.5. The molecule has 0 heterocycles. The number of carbonyl (C=O) groups excluding carboxylic acids is 2. The van der Waals surface area contributed by atoms with E-state index in [1.807, 2.05) is 62.6 Å². The second-order valence-corrected chi connectivity index (χ2v) is 8.72. The Hall–Kier alpha value is -3.52. The first-order valence-electron chi connectivity index (χ1n) is 10.5. The summed E-state index contributed by atoms with van der Waals surface area (Å²) in [6.07, 6.45) is 2.17. The number of carboxylic acids is 1. The first-order valence-corrected chi connectivity index (χ1v) is 11.9. The molecule has 0 spiro atoms.